The van der Waals surface area contributed by atoms with Crippen LogP contribution in [0.5, 0.6) is 0 Å². The summed E-state index contributed by atoms with van der Waals surface area (Å²) in [6.45, 7) is 3.23. The fourth-order valence-corrected chi connectivity index (χ4v) is 2.89. The van der Waals surface area contributed by atoms with E-state index in [1.165, 1.54) is 19.3 Å². The first-order chi connectivity index (χ1) is 4.56. The molecule has 0 N–H and O–H groups in total. The normalized spacial score (nSPS) is 12.0. The average Bonchev–Trinajstić information content (AvgIpc) is 1.78. The van der Waals surface area contributed by atoms with Crippen molar-refractivity contribution in [1.29, 1.82) is 0 Å². The molecule has 0 aromatic heterocycles. The van der Waals surface area contributed by atoms with Gasteiger partial charge in [-0.3, -0.25) is 0 Å². The van der Waals surface area contributed by atoms with E-state index in [9.17, 15) is 0 Å². The van der Waals surface area contributed by atoms with E-state index in [-0.39, 0.29) is 0 Å². The molecule has 0 saturated heterocycles. The summed E-state index contributed by atoms with van der Waals surface area (Å²) in [6.07, 6.45) is 3.87. The van der Waals surface area contributed by atoms with Crippen molar-refractivity contribution in [3.05, 3.63) is 0 Å². The third-order valence-corrected chi connectivity index (χ3v) is 4.34. The van der Waals surface area contributed by atoms with E-state index in [2.05, 4.69) is 21.7 Å². The summed E-state index contributed by atoms with van der Waals surface area (Å²) in [6, 6.07) is 0. The van der Waals surface area contributed by atoms with Gasteiger partial charge in [0.15, 0.2) is 0 Å². The van der Waals surface area contributed by atoms with Gasteiger partial charge in [-0.1, -0.05) is 0 Å². The Balaban J connectivity index is 3.04. The molecule has 0 rings (SSSR count). The topological polar surface area (TPSA) is 9.23 Å². The number of hydrogen-bond acceptors (Lipinski definition) is 1. The van der Waals surface area contributed by atoms with Gasteiger partial charge in [-0.2, -0.15) is 0 Å². The molecule has 0 amide bonds. The van der Waals surface area contributed by atoms with E-state index < -0.39 is 18.8 Å². The van der Waals surface area contributed by atoms with Crippen molar-refractivity contribution in [3.8, 4) is 0 Å². The van der Waals surface area contributed by atoms with Crippen molar-refractivity contribution < 1.29 is 3.07 Å². The van der Waals surface area contributed by atoms with Gasteiger partial charge in [-0.15, -0.1) is 0 Å². The molecule has 10 heavy (non-hydrogen) atoms. The summed E-state index contributed by atoms with van der Waals surface area (Å²) in [4.78, 5) is 6.92. The molecule has 0 aliphatic carbocycles. The van der Waals surface area contributed by atoms with Gasteiger partial charge in [0, 0.05) is 0 Å². The zero-order chi connectivity index (χ0) is 8.04. The van der Waals surface area contributed by atoms with Crippen LogP contribution in [0, 0.1) is 0 Å². The molecule has 0 atom stereocenters. The monoisotopic (exact) mass is 252 g/mol. The van der Waals surface area contributed by atoms with Crippen LogP contribution in [0.4, 0.5) is 0 Å². The van der Waals surface area contributed by atoms with Crippen molar-refractivity contribution in [3.63, 3.8) is 0 Å². The maximum atomic E-state index is 5.74. The molecule has 2 heteroatoms. The molecular formula is C8H20OSn. The Morgan fingerprint density at radius 2 is 1.70 bits per heavy atom. The molecule has 0 aromatic rings. The summed E-state index contributed by atoms with van der Waals surface area (Å²) >= 11 is -1.85. The minimum absolute atomic E-state index is 1.01. The first kappa shape index (κ1) is 10.8. The zero-order valence-electron chi connectivity index (χ0n) is 7.74. The van der Waals surface area contributed by atoms with Gasteiger partial charge < -0.3 is 0 Å². The van der Waals surface area contributed by atoms with Gasteiger partial charge >= 0.3 is 69.5 Å². The predicted octanol–water partition coefficient (Wildman–Crippen LogP) is 3.03. The average molecular weight is 251 g/mol. The molecule has 0 fully saturated rings. The van der Waals surface area contributed by atoms with Crippen molar-refractivity contribution in [2.24, 2.45) is 0 Å². The van der Waals surface area contributed by atoms with E-state index in [0.29, 0.717) is 0 Å². The van der Waals surface area contributed by atoms with Gasteiger partial charge in [0.25, 0.3) is 0 Å². The molecule has 0 aliphatic rings. The van der Waals surface area contributed by atoms with Crippen molar-refractivity contribution in [2.45, 2.75) is 41.0 Å². The third kappa shape index (κ3) is 8.76. The molecule has 1 nitrogen and oxygen atoms in total. The van der Waals surface area contributed by atoms with Crippen LogP contribution in [0.25, 0.3) is 0 Å². The molecule has 0 saturated carbocycles. The number of unbranched alkanes of at least 4 members (excludes halogenated alkanes) is 2. The molecule has 0 radical (unpaired) electrons. The van der Waals surface area contributed by atoms with Crippen molar-refractivity contribution in [1.82, 2.24) is 0 Å². The van der Waals surface area contributed by atoms with Crippen LogP contribution in [-0.4, -0.2) is 25.4 Å². The quantitative estimate of drug-likeness (QED) is 0.539. The molecule has 0 aromatic carbocycles. The summed E-state index contributed by atoms with van der Waals surface area (Å²) in [5.74, 6) is 0. The van der Waals surface area contributed by atoms with Crippen LogP contribution in [0.1, 0.15) is 26.2 Å². The first-order valence-corrected chi connectivity index (χ1v) is 13.9. The molecule has 62 valence electrons. The standard InChI is InChI=1S/C5H11O.3CH3.Sn/c1-2-3-4-5-6;;;;/h2-5H2,1H3;3*1H3;/q-1;;;;+1. The third-order valence-electron chi connectivity index (χ3n) is 1.28. The van der Waals surface area contributed by atoms with E-state index in [0.717, 1.165) is 6.61 Å². The molecule has 0 unspecified atom stereocenters. The fraction of sp³-hybridized carbons (Fsp3) is 1.00. The van der Waals surface area contributed by atoms with Gasteiger partial charge in [0.05, 0.1) is 0 Å². The second kappa shape index (κ2) is 5.41. The molecule has 0 bridgehead atoms. The molecule has 0 spiro atoms. The SMILES string of the molecule is CCCCC[O][Sn]([CH3])([CH3])[CH3]. The Labute approximate surface area is 69.6 Å². The second-order valence-corrected chi connectivity index (χ2v) is 16.5. The van der Waals surface area contributed by atoms with Crippen LogP contribution < -0.4 is 0 Å². The van der Waals surface area contributed by atoms with Crippen molar-refractivity contribution >= 4 is 18.8 Å². The summed E-state index contributed by atoms with van der Waals surface area (Å²) in [5, 5.41) is 0. The summed E-state index contributed by atoms with van der Waals surface area (Å²) < 4.78 is 5.74. The van der Waals surface area contributed by atoms with Crippen LogP contribution in [0.2, 0.25) is 14.8 Å². The van der Waals surface area contributed by atoms with Gasteiger partial charge in [0.2, 0.25) is 0 Å². The van der Waals surface area contributed by atoms with Crippen LogP contribution in [0.15, 0.2) is 0 Å². The van der Waals surface area contributed by atoms with E-state index in [4.69, 9.17) is 3.07 Å². The first-order valence-electron chi connectivity index (χ1n) is 4.20. The van der Waals surface area contributed by atoms with Gasteiger partial charge in [0.1, 0.15) is 0 Å². The molecule has 0 heterocycles. The van der Waals surface area contributed by atoms with E-state index >= 15 is 0 Å². The summed E-state index contributed by atoms with van der Waals surface area (Å²) in [5.41, 5.74) is 0. The van der Waals surface area contributed by atoms with Crippen LogP contribution in [0.3, 0.4) is 0 Å². The van der Waals surface area contributed by atoms with Crippen LogP contribution in [-0.2, 0) is 3.07 Å². The maximum absolute atomic E-state index is 5.74. The Hall–Kier alpha value is 0.759. The number of rotatable bonds is 5. The fourth-order valence-electron chi connectivity index (χ4n) is 0.730. The Morgan fingerprint density at radius 1 is 1.10 bits per heavy atom. The minimum atomic E-state index is -1.85. The number of hydrogen-bond donors (Lipinski definition) is 0. The second-order valence-electron chi connectivity index (χ2n) is 3.67. The van der Waals surface area contributed by atoms with Gasteiger partial charge in [-0.05, 0) is 0 Å². The Morgan fingerprint density at radius 3 is 2.10 bits per heavy atom. The summed E-state index contributed by atoms with van der Waals surface area (Å²) in [7, 11) is 0. The zero-order valence-corrected chi connectivity index (χ0v) is 10.6. The van der Waals surface area contributed by atoms with E-state index in [1.807, 2.05) is 0 Å². The van der Waals surface area contributed by atoms with Crippen molar-refractivity contribution in [2.75, 3.05) is 6.61 Å². The van der Waals surface area contributed by atoms with Gasteiger partial charge in [-0.25, -0.2) is 0 Å². The van der Waals surface area contributed by atoms with Crippen LogP contribution >= 0.6 is 0 Å². The van der Waals surface area contributed by atoms with E-state index in [1.54, 1.807) is 0 Å². The molecule has 0 aliphatic heterocycles. The Kier molecular flexibility index (Phi) is 5.83. The molecular weight excluding hydrogens is 231 g/mol. The Bertz CT molecular complexity index is 75.8. The predicted molar refractivity (Wildman–Crippen MR) is 48.8 cm³/mol.